The standard InChI is InChI=1S/C23H33NO4Si/c1-23(2,3)29(4,5)28-18-11-12-19-17(13-18)14-20(22(26)27)24(21(19)25)15-16-9-7-6-8-10-16/h6-10,13,17,19-20H,11-12,14-15H2,1-5H3,(H,26,27)/t17?,19?,20-/m1/s1. The first-order valence-electron chi connectivity index (χ1n) is 10.5. The average Bonchev–Trinajstić information content (AvgIpc) is 2.63. The second-order valence-electron chi connectivity index (χ2n) is 9.85. The van der Waals surface area contributed by atoms with Crippen LogP contribution in [-0.2, 0) is 20.6 Å². The fourth-order valence-electron chi connectivity index (χ4n) is 4.01. The summed E-state index contributed by atoms with van der Waals surface area (Å²) in [6, 6.07) is 8.82. The maximum atomic E-state index is 13.2. The SMILES string of the molecule is CC(C)(C)[Si](C)(C)OC1=CC2C[C@H](C(=O)O)N(Cc3ccccc3)C(=O)C2CC1. The zero-order valence-corrected chi connectivity index (χ0v) is 19.1. The van der Waals surface area contributed by atoms with Crippen molar-refractivity contribution in [2.75, 3.05) is 0 Å². The number of amides is 1. The van der Waals surface area contributed by atoms with Gasteiger partial charge in [0.15, 0.2) is 0 Å². The summed E-state index contributed by atoms with van der Waals surface area (Å²) in [5.41, 5.74) is 0.957. The van der Waals surface area contributed by atoms with Crippen molar-refractivity contribution in [3.8, 4) is 0 Å². The molecule has 1 fully saturated rings. The molecule has 158 valence electrons. The predicted octanol–water partition coefficient (Wildman–Crippen LogP) is 4.80. The number of hydrogen-bond donors (Lipinski definition) is 1. The molecule has 3 rings (SSSR count). The van der Waals surface area contributed by atoms with Crippen LogP contribution in [0.5, 0.6) is 0 Å². The lowest BCUT2D eigenvalue weighted by Gasteiger charge is -2.44. The second kappa shape index (κ2) is 7.98. The van der Waals surface area contributed by atoms with Crippen LogP contribution in [0.2, 0.25) is 18.1 Å². The Hall–Kier alpha value is -2.08. The molecular weight excluding hydrogens is 382 g/mol. The number of allylic oxidation sites excluding steroid dienone is 2. The first kappa shape index (κ1) is 21.6. The van der Waals surface area contributed by atoms with Gasteiger partial charge in [-0.15, -0.1) is 0 Å². The Balaban J connectivity index is 1.81. The summed E-state index contributed by atoms with van der Waals surface area (Å²) in [5.74, 6) is -0.241. The van der Waals surface area contributed by atoms with Gasteiger partial charge in [-0.2, -0.15) is 0 Å². The molecule has 0 bridgehead atoms. The van der Waals surface area contributed by atoms with Crippen LogP contribution >= 0.6 is 0 Å². The normalized spacial score (nSPS) is 25.3. The minimum absolute atomic E-state index is 0.0415. The highest BCUT2D eigenvalue weighted by atomic mass is 28.4. The molecule has 1 amide bonds. The number of rotatable bonds is 5. The Morgan fingerprint density at radius 3 is 2.48 bits per heavy atom. The molecule has 1 aromatic rings. The van der Waals surface area contributed by atoms with Crippen molar-refractivity contribution in [1.29, 1.82) is 0 Å². The number of piperidine rings is 1. The molecule has 0 aromatic heterocycles. The third-order valence-electron chi connectivity index (χ3n) is 6.76. The van der Waals surface area contributed by atoms with Crippen LogP contribution in [0.15, 0.2) is 42.2 Å². The highest BCUT2D eigenvalue weighted by Crippen LogP contribution is 2.43. The fraction of sp³-hybridized carbons (Fsp3) is 0.565. The van der Waals surface area contributed by atoms with Crippen LogP contribution in [0.1, 0.15) is 45.6 Å². The van der Waals surface area contributed by atoms with Crippen LogP contribution in [0.4, 0.5) is 0 Å². The van der Waals surface area contributed by atoms with E-state index >= 15 is 0 Å². The van der Waals surface area contributed by atoms with E-state index < -0.39 is 20.3 Å². The number of nitrogens with zero attached hydrogens (tertiary/aromatic N) is 1. The molecule has 1 saturated heterocycles. The van der Waals surface area contributed by atoms with Gasteiger partial charge >= 0.3 is 5.97 Å². The summed E-state index contributed by atoms with van der Waals surface area (Å²) < 4.78 is 6.47. The molecule has 1 N–H and O–H groups in total. The number of likely N-dealkylation sites (tertiary alicyclic amines) is 1. The van der Waals surface area contributed by atoms with E-state index in [1.807, 2.05) is 30.3 Å². The van der Waals surface area contributed by atoms with Gasteiger partial charge in [-0.05, 0) is 48.5 Å². The molecule has 5 nitrogen and oxygen atoms in total. The second-order valence-corrected chi connectivity index (χ2v) is 14.6. The van der Waals surface area contributed by atoms with E-state index in [4.69, 9.17) is 4.43 Å². The number of carbonyl (C=O) groups is 2. The molecule has 2 unspecified atom stereocenters. The molecule has 0 radical (unpaired) electrons. The molecule has 29 heavy (non-hydrogen) atoms. The summed E-state index contributed by atoms with van der Waals surface area (Å²) in [6.45, 7) is 11.4. The van der Waals surface area contributed by atoms with Crippen molar-refractivity contribution in [2.24, 2.45) is 11.8 Å². The van der Waals surface area contributed by atoms with Gasteiger partial charge in [0, 0.05) is 18.9 Å². The van der Waals surface area contributed by atoms with E-state index in [-0.39, 0.29) is 22.8 Å². The molecule has 3 atom stereocenters. The van der Waals surface area contributed by atoms with Crippen molar-refractivity contribution < 1.29 is 19.1 Å². The van der Waals surface area contributed by atoms with Crippen molar-refractivity contribution >= 4 is 20.2 Å². The smallest absolute Gasteiger partial charge is 0.326 e. The van der Waals surface area contributed by atoms with Crippen LogP contribution in [0.3, 0.4) is 0 Å². The molecule has 1 aliphatic carbocycles. The minimum atomic E-state index is -1.95. The van der Waals surface area contributed by atoms with Gasteiger partial charge in [0.05, 0.1) is 5.76 Å². The van der Waals surface area contributed by atoms with Crippen molar-refractivity contribution in [1.82, 2.24) is 4.90 Å². The van der Waals surface area contributed by atoms with E-state index in [0.29, 0.717) is 13.0 Å². The average molecular weight is 416 g/mol. The maximum absolute atomic E-state index is 13.2. The van der Waals surface area contributed by atoms with Gasteiger partial charge in [0.2, 0.25) is 14.2 Å². The van der Waals surface area contributed by atoms with Crippen LogP contribution < -0.4 is 0 Å². The van der Waals surface area contributed by atoms with Gasteiger partial charge in [-0.25, -0.2) is 4.79 Å². The number of aliphatic carboxylic acids is 1. The third kappa shape index (κ3) is 4.58. The number of carbonyl (C=O) groups excluding carboxylic acids is 1. The van der Waals surface area contributed by atoms with Gasteiger partial charge in [-0.1, -0.05) is 51.1 Å². The molecule has 1 aliphatic heterocycles. The highest BCUT2D eigenvalue weighted by molar-refractivity contribution is 6.74. The number of carboxylic acids is 1. The van der Waals surface area contributed by atoms with Crippen LogP contribution in [0, 0.1) is 11.8 Å². The highest BCUT2D eigenvalue weighted by Gasteiger charge is 2.46. The van der Waals surface area contributed by atoms with Gasteiger partial charge in [0.1, 0.15) is 6.04 Å². The third-order valence-corrected chi connectivity index (χ3v) is 11.1. The predicted molar refractivity (Wildman–Crippen MR) is 116 cm³/mol. The van der Waals surface area contributed by atoms with E-state index in [2.05, 4.69) is 39.9 Å². The van der Waals surface area contributed by atoms with Crippen LogP contribution in [0.25, 0.3) is 0 Å². The van der Waals surface area contributed by atoms with Crippen molar-refractivity contribution in [2.45, 2.75) is 70.8 Å². The number of carboxylic acid groups (broad SMARTS) is 1. The fourth-order valence-corrected chi connectivity index (χ4v) is 5.14. The lowest BCUT2D eigenvalue weighted by Crippen LogP contribution is -2.54. The Morgan fingerprint density at radius 2 is 1.90 bits per heavy atom. The van der Waals surface area contributed by atoms with E-state index in [1.54, 1.807) is 4.90 Å². The Kier molecular flexibility index (Phi) is 5.95. The van der Waals surface area contributed by atoms with Gasteiger partial charge in [-0.3, -0.25) is 4.79 Å². The quantitative estimate of drug-likeness (QED) is 0.701. The maximum Gasteiger partial charge on any atom is 0.326 e. The zero-order valence-electron chi connectivity index (χ0n) is 18.1. The molecule has 2 aliphatic rings. The summed E-state index contributed by atoms with van der Waals surface area (Å²) in [5, 5.41) is 9.92. The summed E-state index contributed by atoms with van der Waals surface area (Å²) >= 11 is 0. The summed E-state index contributed by atoms with van der Waals surface area (Å²) in [4.78, 5) is 26.8. The van der Waals surface area contributed by atoms with E-state index in [9.17, 15) is 14.7 Å². The van der Waals surface area contributed by atoms with Gasteiger partial charge in [0.25, 0.3) is 0 Å². The number of fused-ring (bicyclic) bond motifs is 1. The van der Waals surface area contributed by atoms with Gasteiger partial charge < -0.3 is 14.4 Å². The first-order valence-corrected chi connectivity index (χ1v) is 13.4. The topological polar surface area (TPSA) is 66.8 Å². The largest absolute Gasteiger partial charge is 0.547 e. The Bertz CT molecular complexity index is 797. The van der Waals surface area contributed by atoms with Crippen molar-refractivity contribution in [3.05, 3.63) is 47.7 Å². The molecule has 6 heteroatoms. The summed E-state index contributed by atoms with van der Waals surface area (Å²) in [7, 11) is -1.95. The van der Waals surface area contributed by atoms with Crippen molar-refractivity contribution in [3.63, 3.8) is 0 Å². The lowest BCUT2D eigenvalue weighted by atomic mass is 9.75. The molecule has 0 spiro atoms. The molecule has 1 heterocycles. The number of benzene rings is 1. The van der Waals surface area contributed by atoms with Crippen LogP contribution in [-0.4, -0.2) is 36.2 Å². The van der Waals surface area contributed by atoms with E-state index in [0.717, 1.165) is 24.2 Å². The molecule has 0 saturated carbocycles. The summed E-state index contributed by atoms with van der Waals surface area (Å²) in [6.07, 6.45) is 3.98. The molecular formula is C23H33NO4Si. The monoisotopic (exact) mass is 415 g/mol. The number of hydrogen-bond acceptors (Lipinski definition) is 3. The Labute approximate surface area is 174 Å². The Morgan fingerprint density at radius 1 is 1.24 bits per heavy atom. The minimum Gasteiger partial charge on any atom is -0.547 e. The first-order chi connectivity index (χ1) is 13.5. The lowest BCUT2D eigenvalue weighted by molar-refractivity contribution is -0.159. The van der Waals surface area contributed by atoms with E-state index in [1.165, 1.54) is 0 Å². The zero-order chi connectivity index (χ0) is 21.4. The molecule has 1 aromatic carbocycles.